The molecule has 0 aromatic heterocycles. The summed E-state index contributed by atoms with van der Waals surface area (Å²) in [5.74, 6) is -0.918. The first kappa shape index (κ1) is 18.5. The second-order valence-electron chi connectivity index (χ2n) is 5.26. The molecule has 126 valence electrons. The number of benzene rings is 1. The summed E-state index contributed by atoms with van der Waals surface area (Å²) < 4.78 is 10.0. The van der Waals surface area contributed by atoms with Gasteiger partial charge in [0.15, 0.2) is 6.61 Å². The van der Waals surface area contributed by atoms with Gasteiger partial charge in [-0.25, -0.2) is 4.79 Å². The fourth-order valence-corrected chi connectivity index (χ4v) is 1.76. The highest BCUT2D eigenvalue weighted by Crippen LogP contribution is 2.19. The van der Waals surface area contributed by atoms with Gasteiger partial charge < -0.3 is 20.1 Å². The number of carbonyl (C=O) groups is 3. The van der Waals surface area contributed by atoms with Gasteiger partial charge in [-0.1, -0.05) is 6.07 Å². The molecule has 0 atom stereocenters. The minimum absolute atomic E-state index is 0.00579. The number of amides is 2. The minimum atomic E-state index is -0.634. The van der Waals surface area contributed by atoms with Crippen LogP contribution >= 0.6 is 0 Å². The first-order valence-corrected chi connectivity index (χ1v) is 7.21. The highest BCUT2D eigenvalue weighted by molar-refractivity contribution is 5.92. The minimum Gasteiger partial charge on any atom is -0.496 e. The van der Waals surface area contributed by atoms with Crippen LogP contribution in [0.15, 0.2) is 18.2 Å². The molecule has 0 unspecified atom stereocenters. The molecule has 0 fully saturated rings. The second-order valence-corrected chi connectivity index (χ2v) is 5.26. The Morgan fingerprint density at radius 1 is 1.17 bits per heavy atom. The van der Waals surface area contributed by atoms with Crippen molar-refractivity contribution in [2.75, 3.05) is 20.3 Å². The molecule has 0 heterocycles. The molecule has 2 N–H and O–H groups in total. The van der Waals surface area contributed by atoms with E-state index >= 15 is 0 Å². The smallest absolute Gasteiger partial charge is 0.338 e. The molecule has 0 aliphatic heterocycles. The van der Waals surface area contributed by atoms with Crippen molar-refractivity contribution in [3.05, 3.63) is 29.3 Å². The fraction of sp³-hybridized carbons (Fsp3) is 0.438. The number of esters is 1. The van der Waals surface area contributed by atoms with Gasteiger partial charge in [0, 0.05) is 6.04 Å². The normalized spacial score (nSPS) is 10.1. The first-order valence-electron chi connectivity index (χ1n) is 7.21. The van der Waals surface area contributed by atoms with Gasteiger partial charge in [-0.2, -0.15) is 0 Å². The molecule has 1 aromatic carbocycles. The Morgan fingerprint density at radius 3 is 2.48 bits per heavy atom. The largest absolute Gasteiger partial charge is 0.496 e. The van der Waals surface area contributed by atoms with Crippen LogP contribution in [0.4, 0.5) is 0 Å². The summed E-state index contributed by atoms with van der Waals surface area (Å²) in [5, 5.41) is 5.00. The Hall–Kier alpha value is -2.57. The van der Waals surface area contributed by atoms with Crippen LogP contribution in [0.3, 0.4) is 0 Å². The van der Waals surface area contributed by atoms with E-state index in [4.69, 9.17) is 9.47 Å². The Balaban J connectivity index is 2.44. The first-order chi connectivity index (χ1) is 10.8. The van der Waals surface area contributed by atoms with E-state index in [-0.39, 0.29) is 24.1 Å². The lowest BCUT2D eigenvalue weighted by atomic mass is 10.1. The number of methoxy groups -OCH3 is 1. The van der Waals surface area contributed by atoms with E-state index in [1.54, 1.807) is 18.2 Å². The molecule has 0 saturated heterocycles. The average Bonchev–Trinajstić information content (AvgIpc) is 2.50. The third kappa shape index (κ3) is 6.37. The van der Waals surface area contributed by atoms with Crippen molar-refractivity contribution in [2.24, 2.45) is 0 Å². The zero-order chi connectivity index (χ0) is 17.4. The van der Waals surface area contributed by atoms with Crippen LogP contribution in [0, 0.1) is 6.92 Å². The number of aryl methyl sites for hydroxylation is 1. The summed E-state index contributed by atoms with van der Waals surface area (Å²) in [6.07, 6.45) is 0. The van der Waals surface area contributed by atoms with Crippen LogP contribution in [-0.2, 0) is 14.3 Å². The molecule has 0 radical (unpaired) electrons. The Bertz CT molecular complexity index is 584. The third-order valence-corrected chi connectivity index (χ3v) is 2.87. The Morgan fingerprint density at radius 2 is 1.87 bits per heavy atom. The van der Waals surface area contributed by atoms with Crippen molar-refractivity contribution in [2.45, 2.75) is 26.8 Å². The molecule has 0 aliphatic rings. The van der Waals surface area contributed by atoms with E-state index in [0.29, 0.717) is 5.75 Å². The fourth-order valence-electron chi connectivity index (χ4n) is 1.76. The number of nitrogens with one attached hydrogen (secondary N) is 2. The zero-order valence-electron chi connectivity index (χ0n) is 13.8. The number of ether oxygens (including phenoxy) is 2. The molecule has 0 spiro atoms. The lowest BCUT2D eigenvalue weighted by Crippen LogP contribution is -2.41. The number of carbonyl (C=O) groups excluding carboxylic acids is 3. The van der Waals surface area contributed by atoms with Crippen molar-refractivity contribution < 1.29 is 23.9 Å². The highest BCUT2D eigenvalue weighted by Gasteiger charge is 2.13. The highest BCUT2D eigenvalue weighted by atomic mass is 16.5. The Labute approximate surface area is 135 Å². The monoisotopic (exact) mass is 322 g/mol. The molecule has 0 saturated carbocycles. The maximum absolute atomic E-state index is 11.9. The summed E-state index contributed by atoms with van der Waals surface area (Å²) in [4.78, 5) is 34.8. The second kappa shape index (κ2) is 8.77. The molecule has 7 nitrogen and oxygen atoms in total. The topological polar surface area (TPSA) is 93.7 Å². The Kier molecular flexibility index (Phi) is 7.05. The molecule has 7 heteroatoms. The molecule has 0 aliphatic carbocycles. The zero-order valence-corrected chi connectivity index (χ0v) is 13.8. The molecule has 1 rings (SSSR count). The van der Waals surface area contributed by atoms with Crippen LogP contribution in [0.25, 0.3) is 0 Å². The van der Waals surface area contributed by atoms with Gasteiger partial charge in [-0.15, -0.1) is 0 Å². The van der Waals surface area contributed by atoms with Crippen LogP contribution in [-0.4, -0.2) is 44.1 Å². The summed E-state index contributed by atoms with van der Waals surface area (Å²) >= 11 is 0. The standard InChI is InChI=1S/C16H22N2O5/c1-10(2)18-14(19)8-17-15(20)9-23-16(21)12-6-5-11(3)13(7-12)22-4/h5-7,10H,8-9H2,1-4H3,(H,17,20)(H,18,19). The molecule has 1 aromatic rings. The van der Waals surface area contributed by atoms with Gasteiger partial charge in [0.25, 0.3) is 5.91 Å². The lowest BCUT2D eigenvalue weighted by Gasteiger charge is -2.10. The van der Waals surface area contributed by atoms with E-state index in [9.17, 15) is 14.4 Å². The quantitative estimate of drug-likeness (QED) is 0.724. The van der Waals surface area contributed by atoms with Gasteiger partial charge >= 0.3 is 5.97 Å². The third-order valence-electron chi connectivity index (χ3n) is 2.87. The molecular formula is C16H22N2O5. The summed E-state index contributed by atoms with van der Waals surface area (Å²) in [7, 11) is 1.51. The van der Waals surface area contributed by atoms with Crippen molar-refractivity contribution in [3.8, 4) is 5.75 Å². The van der Waals surface area contributed by atoms with Crippen LogP contribution < -0.4 is 15.4 Å². The molecule has 0 bridgehead atoms. The van der Waals surface area contributed by atoms with Crippen molar-refractivity contribution in [1.82, 2.24) is 10.6 Å². The van der Waals surface area contributed by atoms with E-state index in [1.807, 2.05) is 20.8 Å². The lowest BCUT2D eigenvalue weighted by molar-refractivity contribution is -0.128. The number of hydrogen-bond acceptors (Lipinski definition) is 5. The predicted octanol–water partition coefficient (Wildman–Crippen LogP) is 0.801. The maximum atomic E-state index is 11.9. The molecular weight excluding hydrogens is 300 g/mol. The maximum Gasteiger partial charge on any atom is 0.338 e. The summed E-state index contributed by atoms with van der Waals surface area (Å²) in [6.45, 7) is 4.87. The molecule has 2 amide bonds. The van der Waals surface area contributed by atoms with Crippen molar-refractivity contribution in [1.29, 1.82) is 0 Å². The van der Waals surface area contributed by atoms with E-state index < -0.39 is 18.5 Å². The van der Waals surface area contributed by atoms with Gasteiger partial charge in [-0.3, -0.25) is 9.59 Å². The van der Waals surface area contributed by atoms with Crippen LogP contribution in [0.2, 0.25) is 0 Å². The molecule has 23 heavy (non-hydrogen) atoms. The summed E-state index contributed by atoms with van der Waals surface area (Å²) in [5.41, 5.74) is 1.18. The number of hydrogen-bond donors (Lipinski definition) is 2. The van der Waals surface area contributed by atoms with Gasteiger partial charge in [0.2, 0.25) is 5.91 Å². The predicted molar refractivity (Wildman–Crippen MR) is 84.3 cm³/mol. The van der Waals surface area contributed by atoms with E-state index in [0.717, 1.165) is 5.56 Å². The van der Waals surface area contributed by atoms with Crippen LogP contribution in [0.5, 0.6) is 5.75 Å². The van der Waals surface area contributed by atoms with Gasteiger partial charge in [0.05, 0.1) is 19.2 Å². The van der Waals surface area contributed by atoms with Crippen molar-refractivity contribution in [3.63, 3.8) is 0 Å². The van der Waals surface area contributed by atoms with Gasteiger partial charge in [0.1, 0.15) is 5.75 Å². The number of rotatable bonds is 7. The van der Waals surface area contributed by atoms with Crippen LogP contribution in [0.1, 0.15) is 29.8 Å². The van der Waals surface area contributed by atoms with E-state index in [2.05, 4.69) is 10.6 Å². The van der Waals surface area contributed by atoms with Crippen molar-refractivity contribution >= 4 is 17.8 Å². The van der Waals surface area contributed by atoms with Gasteiger partial charge in [-0.05, 0) is 38.5 Å². The summed E-state index contributed by atoms with van der Waals surface area (Å²) in [6, 6.07) is 4.86. The van der Waals surface area contributed by atoms with E-state index in [1.165, 1.54) is 7.11 Å². The SMILES string of the molecule is COc1cc(C(=O)OCC(=O)NCC(=O)NC(C)C)ccc1C. The average molecular weight is 322 g/mol.